The minimum Gasteiger partial charge on any atom is -0.388 e. The highest BCUT2D eigenvalue weighted by atomic mass is 32.2. The Balaban J connectivity index is 1.86. The molecular formula is C11H13NO3S3. The van der Waals surface area contributed by atoms with Crippen molar-refractivity contribution >= 4 is 32.7 Å². The van der Waals surface area contributed by atoms with Crippen LogP contribution in [0.4, 0.5) is 0 Å². The Bertz CT molecular complexity index is 561. The van der Waals surface area contributed by atoms with E-state index in [1.54, 1.807) is 17.5 Å². The molecule has 0 spiro atoms. The highest BCUT2D eigenvalue weighted by Crippen LogP contribution is 2.21. The van der Waals surface area contributed by atoms with Gasteiger partial charge in [-0.1, -0.05) is 12.1 Å². The third-order valence-electron chi connectivity index (χ3n) is 2.34. The van der Waals surface area contributed by atoms with Crippen LogP contribution in [0, 0.1) is 0 Å². The maximum absolute atomic E-state index is 11.8. The molecule has 0 aliphatic rings. The summed E-state index contributed by atoms with van der Waals surface area (Å²) in [6.45, 7) is 0.222. The molecule has 0 fully saturated rings. The first-order valence-electron chi connectivity index (χ1n) is 5.34. The van der Waals surface area contributed by atoms with Gasteiger partial charge in [0.1, 0.15) is 4.21 Å². The molecule has 2 aromatic heterocycles. The van der Waals surface area contributed by atoms with Crippen molar-refractivity contribution in [1.82, 2.24) is 4.72 Å². The largest absolute Gasteiger partial charge is 0.388 e. The number of aliphatic hydroxyl groups excluding tert-OH is 1. The molecule has 2 N–H and O–H groups in total. The van der Waals surface area contributed by atoms with Crippen molar-refractivity contribution in [1.29, 1.82) is 0 Å². The molecule has 0 bridgehead atoms. The molecule has 98 valence electrons. The van der Waals surface area contributed by atoms with Gasteiger partial charge < -0.3 is 5.11 Å². The zero-order chi connectivity index (χ0) is 13.0. The maximum atomic E-state index is 11.8. The van der Waals surface area contributed by atoms with E-state index >= 15 is 0 Å². The van der Waals surface area contributed by atoms with Crippen molar-refractivity contribution in [2.24, 2.45) is 0 Å². The molecule has 0 radical (unpaired) electrons. The quantitative estimate of drug-likeness (QED) is 0.860. The summed E-state index contributed by atoms with van der Waals surface area (Å²) >= 11 is 2.64. The standard InChI is InChI=1S/C11H13NO3S3/c13-9(10-3-1-7-16-10)5-6-12-18(14,15)11-4-2-8-17-11/h1-4,7-9,12-13H,5-6H2. The number of hydrogen-bond donors (Lipinski definition) is 2. The van der Waals surface area contributed by atoms with Crippen molar-refractivity contribution in [3.05, 3.63) is 39.9 Å². The van der Waals surface area contributed by atoms with Crippen LogP contribution < -0.4 is 4.72 Å². The summed E-state index contributed by atoms with van der Waals surface area (Å²) in [5.41, 5.74) is 0. The lowest BCUT2D eigenvalue weighted by Crippen LogP contribution is -2.25. The lowest BCUT2D eigenvalue weighted by Gasteiger charge is -2.09. The minimum atomic E-state index is -3.42. The van der Waals surface area contributed by atoms with Gasteiger partial charge in [0, 0.05) is 11.4 Å². The molecular weight excluding hydrogens is 290 g/mol. The predicted octanol–water partition coefficient (Wildman–Crippen LogP) is 2.21. The Morgan fingerprint density at radius 2 is 1.94 bits per heavy atom. The van der Waals surface area contributed by atoms with Gasteiger partial charge in [-0.25, -0.2) is 13.1 Å². The zero-order valence-electron chi connectivity index (χ0n) is 9.44. The lowest BCUT2D eigenvalue weighted by atomic mass is 10.2. The molecule has 7 heteroatoms. The second kappa shape index (κ2) is 5.94. The van der Waals surface area contributed by atoms with Gasteiger partial charge in [0.15, 0.2) is 0 Å². The molecule has 1 atom stereocenters. The first kappa shape index (κ1) is 13.7. The van der Waals surface area contributed by atoms with Crippen molar-refractivity contribution in [2.45, 2.75) is 16.7 Å². The average Bonchev–Trinajstić information content (AvgIpc) is 3.02. The van der Waals surface area contributed by atoms with Gasteiger partial charge in [0.25, 0.3) is 0 Å². The SMILES string of the molecule is O=S(=O)(NCCC(O)c1cccs1)c1cccs1. The van der Waals surface area contributed by atoms with Crippen LogP contribution in [0.1, 0.15) is 17.4 Å². The molecule has 2 rings (SSSR count). The number of hydrogen-bond acceptors (Lipinski definition) is 5. The van der Waals surface area contributed by atoms with Gasteiger partial charge in [-0.2, -0.15) is 0 Å². The number of aliphatic hydroxyl groups is 1. The van der Waals surface area contributed by atoms with Gasteiger partial charge in [0.2, 0.25) is 10.0 Å². The Hall–Kier alpha value is -0.730. The van der Waals surface area contributed by atoms with Gasteiger partial charge in [-0.15, -0.1) is 22.7 Å². The molecule has 0 aliphatic heterocycles. The van der Waals surface area contributed by atoms with Crippen LogP contribution in [0.5, 0.6) is 0 Å². The molecule has 18 heavy (non-hydrogen) atoms. The van der Waals surface area contributed by atoms with Crippen molar-refractivity contribution in [3.8, 4) is 0 Å². The molecule has 4 nitrogen and oxygen atoms in total. The van der Waals surface area contributed by atoms with E-state index < -0.39 is 16.1 Å². The second-order valence-electron chi connectivity index (χ2n) is 3.65. The highest BCUT2D eigenvalue weighted by Gasteiger charge is 2.15. The van der Waals surface area contributed by atoms with Crippen molar-refractivity contribution in [3.63, 3.8) is 0 Å². The van der Waals surface area contributed by atoms with Gasteiger partial charge in [0.05, 0.1) is 6.10 Å². The van der Waals surface area contributed by atoms with Crippen molar-refractivity contribution in [2.75, 3.05) is 6.54 Å². The monoisotopic (exact) mass is 303 g/mol. The van der Waals surface area contributed by atoms with E-state index in [2.05, 4.69) is 4.72 Å². The molecule has 0 aromatic carbocycles. The maximum Gasteiger partial charge on any atom is 0.250 e. The summed E-state index contributed by atoms with van der Waals surface area (Å²) in [7, 11) is -3.42. The summed E-state index contributed by atoms with van der Waals surface area (Å²) in [5, 5.41) is 13.4. The summed E-state index contributed by atoms with van der Waals surface area (Å²) in [5.74, 6) is 0. The summed E-state index contributed by atoms with van der Waals surface area (Å²) in [6, 6.07) is 6.95. The Morgan fingerprint density at radius 1 is 1.22 bits per heavy atom. The van der Waals surface area contributed by atoms with E-state index in [-0.39, 0.29) is 6.54 Å². The Morgan fingerprint density at radius 3 is 2.56 bits per heavy atom. The van der Waals surface area contributed by atoms with Crippen LogP contribution in [0.25, 0.3) is 0 Å². The van der Waals surface area contributed by atoms with Gasteiger partial charge in [-0.3, -0.25) is 0 Å². The normalized spacial score (nSPS) is 13.6. The number of sulfonamides is 1. The first-order valence-corrected chi connectivity index (χ1v) is 8.58. The van der Waals surface area contributed by atoms with Crippen LogP contribution in [-0.2, 0) is 10.0 Å². The molecule has 0 saturated carbocycles. The smallest absolute Gasteiger partial charge is 0.250 e. The predicted molar refractivity (Wildman–Crippen MR) is 73.4 cm³/mol. The Kier molecular flexibility index (Phi) is 4.52. The Labute approximate surface area is 114 Å². The average molecular weight is 303 g/mol. The summed E-state index contributed by atoms with van der Waals surface area (Å²) in [6.07, 6.45) is -0.249. The van der Waals surface area contributed by atoms with E-state index in [0.29, 0.717) is 10.6 Å². The van der Waals surface area contributed by atoms with E-state index in [1.165, 1.54) is 22.7 Å². The number of nitrogens with one attached hydrogen (secondary N) is 1. The topological polar surface area (TPSA) is 66.4 Å². The fourth-order valence-electron chi connectivity index (χ4n) is 1.44. The fourth-order valence-corrected chi connectivity index (χ4v) is 4.27. The third kappa shape index (κ3) is 3.39. The van der Waals surface area contributed by atoms with Crippen LogP contribution in [0.3, 0.4) is 0 Å². The van der Waals surface area contributed by atoms with Gasteiger partial charge >= 0.3 is 0 Å². The lowest BCUT2D eigenvalue weighted by molar-refractivity contribution is 0.173. The molecule has 2 aromatic rings. The first-order chi connectivity index (χ1) is 8.59. The number of rotatable bonds is 6. The molecule has 0 amide bonds. The van der Waals surface area contributed by atoms with Crippen LogP contribution in [0.2, 0.25) is 0 Å². The minimum absolute atomic E-state index is 0.222. The molecule has 0 saturated heterocycles. The molecule has 1 unspecified atom stereocenters. The molecule has 2 heterocycles. The van der Waals surface area contributed by atoms with Crippen LogP contribution in [0.15, 0.2) is 39.2 Å². The van der Waals surface area contributed by atoms with E-state index in [1.807, 2.05) is 17.5 Å². The van der Waals surface area contributed by atoms with E-state index in [9.17, 15) is 13.5 Å². The van der Waals surface area contributed by atoms with Crippen LogP contribution >= 0.6 is 22.7 Å². The fraction of sp³-hybridized carbons (Fsp3) is 0.273. The number of thiophene rings is 2. The van der Waals surface area contributed by atoms with E-state index in [0.717, 1.165) is 4.88 Å². The summed E-state index contributed by atoms with van der Waals surface area (Å²) < 4.78 is 26.3. The summed E-state index contributed by atoms with van der Waals surface area (Å²) in [4.78, 5) is 0.852. The van der Waals surface area contributed by atoms with Gasteiger partial charge in [-0.05, 0) is 29.3 Å². The molecule has 0 aliphatic carbocycles. The van der Waals surface area contributed by atoms with E-state index in [4.69, 9.17) is 0 Å². The van der Waals surface area contributed by atoms with Crippen LogP contribution in [-0.4, -0.2) is 20.1 Å². The third-order valence-corrected chi connectivity index (χ3v) is 6.17. The highest BCUT2D eigenvalue weighted by molar-refractivity contribution is 7.91. The van der Waals surface area contributed by atoms with Crippen molar-refractivity contribution < 1.29 is 13.5 Å². The zero-order valence-corrected chi connectivity index (χ0v) is 11.9. The second-order valence-corrected chi connectivity index (χ2v) is 7.57.